The Morgan fingerprint density at radius 3 is 2.74 bits per heavy atom. The summed E-state index contributed by atoms with van der Waals surface area (Å²) in [5.41, 5.74) is 1.88. The minimum atomic E-state index is -0.196. The molecule has 0 unspecified atom stereocenters. The molecular formula is C13H15ClN2O2S. The molecule has 1 N–H and O–H groups in total. The number of benzene rings is 1. The first-order valence-corrected chi connectivity index (χ1v) is 7.29. The van der Waals surface area contributed by atoms with Gasteiger partial charge in [-0.25, -0.2) is 0 Å². The van der Waals surface area contributed by atoms with Crippen molar-refractivity contribution in [2.75, 3.05) is 18.9 Å². The van der Waals surface area contributed by atoms with Crippen LogP contribution in [0, 0.1) is 13.8 Å². The number of thioether (sulfide) groups is 1. The molecule has 0 aliphatic carbocycles. The minimum absolute atomic E-state index is 0.0277. The largest absolute Gasteiger partial charge is 0.484 e. The van der Waals surface area contributed by atoms with Crippen LogP contribution in [-0.4, -0.2) is 30.0 Å². The van der Waals surface area contributed by atoms with Gasteiger partial charge in [0.15, 0.2) is 11.8 Å². The van der Waals surface area contributed by atoms with Gasteiger partial charge < -0.3 is 10.1 Å². The number of carbonyl (C=O) groups is 1. The third-order valence-electron chi connectivity index (χ3n) is 2.61. The number of hydrogen-bond acceptors (Lipinski definition) is 4. The first-order chi connectivity index (χ1) is 9.06. The highest BCUT2D eigenvalue weighted by Crippen LogP contribution is 2.25. The number of aliphatic imine (C=N–C) groups is 1. The van der Waals surface area contributed by atoms with Crippen molar-refractivity contribution in [1.29, 1.82) is 0 Å². The van der Waals surface area contributed by atoms with Crippen molar-refractivity contribution in [3.05, 3.63) is 28.3 Å². The number of carbonyl (C=O) groups excluding carboxylic acids is 1. The molecule has 6 heteroatoms. The topological polar surface area (TPSA) is 50.7 Å². The SMILES string of the molecule is Cc1cc(OCC(=O)NC2=NCCS2)cc(C)c1Cl. The highest BCUT2D eigenvalue weighted by molar-refractivity contribution is 8.14. The van der Waals surface area contributed by atoms with E-state index in [0.29, 0.717) is 10.9 Å². The van der Waals surface area contributed by atoms with Gasteiger partial charge in [-0.1, -0.05) is 23.4 Å². The van der Waals surface area contributed by atoms with Crippen LogP contribution < -0.4 is 10.1 Å². The first kappa shape index (κ1) is 14.2. The van der Waals surface area contributed by atoms with Crippen LogP contribution in [0.3, 0.4) is 0 Å². The van der Waals surface area contributed by atoms with E-state index in [1.165, 1.54) is 0 Å². The Morgan fingerprint density at radius 1 is 1.47 bits per heavy atom. The van der Waals surface area contributed by atoms with Crippen LogP contribution in [0.5, 0.6) is 5.75 Å². The number of ether oxygens (including phenoxy) is 1. The highest BCUT2D eigenvalue weighted by atomic mass is 35.5. The van der Waals surface area contributed by atoms with Crippen molar-refractivity contribution in [1.82, 2.24) is 5.32 Å². The lowest BCUT2D eigenvalue weighted by Crippen LogP contribution is -2.32. The smallest absolute Gasteiger partial charge is 0.263 e. The van der Waals surface area contributed by atoms with Crippen LogP contribution in [0.25, 0.3) is 0 Å². The minimum Gasteiger partial charge on any atom is -0.484 e. The summed E-state index contributed by atoms with van der Waals surface area (Å²) >= 11 is 7.62. The zero-order chi connectivity index (χ0) is 13.8. The summed E-state index contributed by atoms with van der Waals surface area (Å²) in [6.45, 7) is 4.55. The predicted octanol–water partition coefficient (Wildman–Crippen LogP) is 2.55. The fourth-order valence-corrected chi connectivity index (χ4v) is 2.56. The molecule has 4 nitrogen and oxygen atoms in total. The van der Waals surface area contributed by atoms with E-state index in [-0.39, 0.29) is 12.5 Å². The lowest BCUT2D eigenvalue weighted by molar-refractivity contribution is -0.121. The van der Waals surface area contributed by atoms with Crippen molar-refractivity contribution in [3.8, 4) is 5.75 Å². The average Bonchev–Trinajstić information content (AvgIpc) is 2.86. The summed E-state index contributed by atoms with van der Waals surface area (Å²) in [6.07, 6.45) is 0. The molecule has 1 amide bonds. The summed E-state index contributed by atoms with van der Waals surface area (Å²) < 4.78 is 5.46. The number of halogens is 1. The van der Waals surface area contributed by atoms with Gasteiger partial charge in [-0.15, -0.1) is 0 Å². The summed E-state index contributed by atoms with van der Waals surface area (Å²) in [5, 5.41) is 4.12. The van der Waals surface area contributed by atoms with Crippen LogP contribution >= 0.6 is 23.4 Å². The maximum Gasteiger partial charge on any atom is 0.263 e. The maximum absolute atomic E-state index is 11.7. The van der Waals surface area contributed by atoms with Gasteiger partial charge in [0, 0.05) is 10.8 Å². The Bertz CT molecular complexity index is 508. The molecule has 1 aromatic rings. The second kappa shape index (κ2) is 6.30. The Labute approximate surface area is 121 Å². The lowest BCUT2D eigenvalue weighted by Gasteiger charge is -2.10. The number of aryl methyl sites for hydroxylation is 2. The number of hydrogen-bond donors (Lipinski definition) is 1. The molecule has 1 aliphatic rings. The molecule has 1 heterocycles. The van der Waals surface area contributed by atoms with Crippen molar-refractivity contribution in [2.45, 2.75) is 13.8 Å². The number of nitrogens with zero attached hydrogens (tertiary/aromatic N) is 1. The van der Waals surface area contributed by atoms with Crippen molar-refractivity contribution in [2.24, 2.45) is 4.99 Å². The monoisotopic (exact) mass is 298 g/mol. The molecule has 0 saturated heterocycles. The third-order valence-corrected chi connectivity index (χ3v) is 4.10. The third kappa shape index (κ3) is 3.88. The molecule has 2 rings (SSSR count). The fraction of sp³-hybridized carbons (Fsp3) is 0.385. The Balaban J connectivity index is 1.89. The number of amidine groups is 1. The Kier molecular flexibility index (Phi) is 4.71. The van der Waals surface area contributed by atoms with Gasteiger partial charge in [-0.2, -0.15) is 0 Å². The van der Waals surface area contributed by atoms with Gasteiger partial charge in [0.25, 0.3) is 5.91 Å². The molecule has 0 fully saturated rings. The van der Waals surface area contributed by atoms with E-state index in [2.05, 4.69) is 10.3 Å². The van der Waals surface area contributed by atoms with Crippen molar-refractivity contribution in [3.63, 3.8) is 0 Å². The number of amides is 1. The predicted molar refractivity (Wildman–Crippen MR) is 79.3 cm³/mol. The summed E-state index contributed by atoms with van der Waals surface area (Å²) in [6, 6.07) is 3.65. The molecule has 0 atom stereocenters. The van der Waals surface area contributed by atoms with Gasteiger partial charge in [-0.05, 0) is 37.1 Å². The van der Waals surface area contributed by atoms with Crippen molar-refractivity contribution < 1.29 is 9.53 Å². The van der Waals surface area contributed by atoms with Crippen molar-refractivity contribution >= 4 is 34.4 Å². The van der Waals surface area contributed by atoms with E-state index in [1.807, 2.05) is 26.0 Å². The van der Waals surface area contributed by atoms with E-state index in [1.54, 1.807) is 11.8 Å². The Morgan fingerprint density at radius 2 is 2.16 bits per heavy atom. The molecule has 1 aromatic carbocycles. The molecular weight excluding hydrogens is 284 g/mol. The molecule has 19 heavy (non-hydrogen) atoms. The lowest BCUT2D eigenvalue weighted by atomic mass is 10.1. The molecule has 0 aromatic heterocycles. The maximum atomic E-state index is 11.7. The van der Waals surface area contributed by atoms with Gasteiger partial charge in [0.2, 0.25) is 0 Å². The quantitative estimate of drug-likeness (QED) is 0.933. The van der Waals surface area contributed by atoms with E-state index in [9.17, 15) is 4.79 Å². The first-order valence-electron chi connectivity index (χ1n) is 5.93. The zero-order valence-corrected chi connectivity index (χ0v) is 12.4. The number of nitrogens with one attached hydrogen (secondary N) is 1. The van der Waals surface area contributed by atoms with Gasteiger partial charge in [0.1, 0.15) is 5.75 Å². The van der Waals surface area contributed by atoms with E-state index in [0.717, 1.165) is 28.4 Å². The van der Waals surface area contributed by atoms with Crippen LogP contribution in [0.1, 0.15) is 11.1 Å². The summed E-state index contributed by atoms with van der Waals surface area (Å²) in [5.74, 6) is 1.38. The van der Waals surface area contributed by atoms with Crippen LogP contribution in [-0.2, 0) is 4.79 Å². The van der Waals surface area contributed by atoms with E-state index in [4.69, 9.17) is 16.3 Å². The van der Waals surface area contributed by atoms with Crippen LogP contribution in [0.4, 0.5) is 0 Å². The van der Waals surface area contributed by atoms with Crippen LogP contribution in [0.2, 0.25) is 5.02 Å². The second-order valence-corrected chi connectivity index (χ2v) is 5.70. The van der Waals surface area contributed by atoms with Gasteiger partial charge in [-0.3, -0.25) is 9.79 Å². The Hall–Kier alpha value is -1.20. The average molecular weight is 299 g/mol. The molecule has 1 aliphatic heterocycles. The van der Waals surface area contributed by atoms with E-state index >= 15 is 0 Å². The standard InChI is InChI=1S/C13H15ClN2O2S/c1-8-5-10(6-9(2)12(8)14)18-7-11(17)16-13-15-3-4-19-13/h5-6H,3-4,7H2,1-2H3,(H,15,16,17). The number of rotatable bonds is 3. The summed E-state index contributed by atoms with van der Waals surface area (Å²) in [7, 11) is 0. The van der Waals surface area contributed by atoms with E-state index < -0.39 is 0 Å². The normalized spacial score (nSPS) is 14.2. The molecule has 0 radical (unpaired) electrons. The molecule has 0 spiro atoms. The fourth-order valence-electron chi connectivity index (χ4n) is 1.70. The van der Waals surface area contributed by atoms with Gasteiger partial charge in [0.05, 0.1) is 6.54 Å². The second-order valence-electron chi connectivity index (χ2n) is 4.24. The van der Waals surface area contributed by atoms with Gasteiger partial charge >= 0.3 is 0 Å². The zero-order valence-electron chi connectivity index (χ0n) is 10.8. The van der Waals surface area contributed by atoms with Crippen LogP contribution in [0.15, 0.2) is 17.1 Å². The molecule has 0 bridgehead atoms. The summed E-state index contributed by atoms with van der Waals surface area (Å²) in [4.78, 5) is 15.8. The molecule has 0 saturated carbocycles. The molecule has 102 valence electrons. The highest BCUT2D eigenvalue weighted by Gasteiger charge is 2.11.